The van der Waals surface area contributed by atoms with Crippen molar-refractivity contribution in [3.05, 3.63) is 65.7 Å². The highest BCUT2D eigenvalue weighted by Crippen LogP contribution is 2.26. The third kappa shape index (κ3) is 3.90. The number of hydrogen-bond acceptors (Lipinski definition) is 2. The van der Waals surface area contributed by atoms with E-state index in [0.29, 0.717) is 0 Å². The molecule has 0 aliphatic carbocycles. The maximum absolute atomic E-state index is 5.89. The third-order valence-electron chi connectivity index (χ3n) is 2.75. The van der Waals surface area contributed by atoms with E-state index in [1.54, 1.807) is 0 Å². The smallest absolute Gasteiger partial charge is 0.0232 e. The van der Waals surface area contributed by atoms with Crippen molar-refractivity contribution in [1.82, 2.24) is 0 Å². The fourth-order valence-corrected chi connectivity index (χ4v) is 2.92. The monoisotopic (exact) mass is 257 g/mol. The van der Waals surface area contributed by atoms with Crippen LogP contribution in [0.2, 0.25) is 0 Å². The van der Waals surface area contributed by atoms with E-state index < -0.39 is 0 Å². The molecular formula is C16H19NS. The highest BCUT2D eigenvalue weighted by molar-refractivity contribution is 7.98. The second-order valence-corrected chi connectivity index (χ2v) is 5.58. The van der Waals surface area contributed by atoms with Crippen molar-refractivity contribution in [3.63, 3.8) is 0 Å². The van der Waals surface area contributed by atoms with Crippen LogP contribution in [-0.2, 0) is 12.2 Å². The first kappa shape index (κ1) is 13.2. The molecule has 18 heavy (non-hydrogen) atoms. The average molecular weight is 257 g/mol. The number of hydrogen-bond donors (Lipinski definition) is 1. The molecule has 2 aromatic rings. The molecule has 0 spiro atoms. The van der Waals surface area contributed by atoms with E-state index in [0.717, 1.165) is 12.2 Å². The molecular weight excluding hydrogens is 238 g/mol. The first-order valence-corrected chi connectivity index (χ1v) is 7.24. The van der Waals surface area contributed by atoms with Gasteiger partial charge in [-0.2, -0.15) is 0 Å². The van der Waals surface area contributed by atoms with Crippen molar-refractivity contribution in [2.24, 2.45) is 5.73 Å². The van der Waals surface area contributed by atoms with Gasteiger partial charge in [-0.25, -0.2) is 0 Å². The average Bonchev–Trinajstić information content (AvgIpc) is 2.38. The van der Waals surface area contributed by atoms with Crippen molar-refractivity contribution in [2.75, 3.05) is 0 Å². The van der Waals surface area contributed by atoms with Gasteiger partial charge in [-0.3, -0.25) is 0 Å². The van der Waals surface area contributed by atoms with Crippen molar-refractivity contribution >= 4 is 11.8 Å². The third-order valence-corrected chi connectivity index (χ3v) is 3.94. The van der Waals surface area contributed by atoms with Crippen molar-refractivity contribution in [3.8, 4) is 0 Å². The second kappa shape index (κ2) is 6.62. The number of thioether (sulfide) groups is 1. The van der Waals surface area contributed by atoms with E-state index >= 15 is 0 Å². The van der Waals surface area contributed by atoms with E-state index in [-0.39, 0.29) is 6.04 Å². The quantitative estimate of drug-likeness (QED) is 0.823. The van der Waals surface area contributed by atoms with Gasteiger partial charge in [-0.1, -0.05) is 48.5 Å². The summed E-state index contributed by atoms with van der Waals surface area (Å²) in [6.07, 6.45) is 0.942. The van der Waals surface area contributed by atoms with Crippen molar-refractivity contribution in [2.45, 2.75) is 30.0 Å². The lowest BCUT2D eigenvalue weighted by Gasteiger charge is -2.11. The molecule has 0 saturated carbocycles. The summed E-state index contributed by atoms with van der Waals surface area (Å²) >= 11 is 1.89. The molecule has 0 aliphatic rings. The normalized spacial score (nSPS) is 12.3. The Balaban J connectivity index is 2.05. The van der Waals surface area contributed by atoms with Gasteiger partial charge >= 0.3 is 0 Å². The minimum absolute atomic E-state index is 0.212. The fraction of sp³-hybridized carbons (Fsp3) is 0.250. The van der Waals surface area contributed by atoms with Gasteiger partial charge in [0, 0.05) is 16.7 Å². The predicted molar refractivity (Wildman–Crippen MR) is 79.8 cm³/mol. The molecule has 0 fully saturated rings. The molecule has 2 aromatic carbocycles. The van der Waals surface area contributed by atoms with E-state index in [9.17, 15) is 0 Å². The van der Waals surface area contributed by atoms with E-state index in [1.165, 1.54) is 16.0 Å². The second-order valence-electron chi connectivity index (χ2n) is 4.56. The van der Waals surface area contributed by atoms with Crippen LogP contribution < -0.4 is 5.73 Å². The van der Waals surface area contributed by atoms with Gasteiger partial charge in [-0.15, -0.1) is 11.8 Å². The molecule has 0 saturated heterocycles. The van der Waals surface area contributed by atoms with Gasteiger partial charge in [0.2, 0.25) is 0 Å². The van der Waals surface area contributed by atoms with Gasteiger partial charge in [0.15, 0.2) is 0 Å². The Morgan fingerprint density at radius 3 is 2.39 bits per heavy atom. The van der Waals surface area contributed by atoms with Crippen molar-refractivity contribution < 1.29 is 0 Å². The van der Waals surface area contributed by atoms with E-state index in [1.807, 2.05) is 11.8 Å². The SMILES string of the molecule is C[C@H](N)Cc1ccccc1SCc1ccccc1. The maximum atomic E-state index is 5.89. The molecule has 1 atom stereocenters. The lowest BCUT2D eigenvalue weighted by Crippen LogP contribution is -2.18. The van der Waals surface area contributed by atoms with Gasteiger partial charge in [0.05, 0.1) is 0 Å². The molecule has 0 bridgehead atoms. The minimum atomic E-state index is 0.212. The van der Waals surface area contributed by atoms with Gasteiger partial charge in [-0.05, 0) is 30.5 Å². The molecule has 0 aromatic heterocycles. The summed E-state index contributed by atoms with van der Waals surface area (Å²) in [6, 6.07) is 19.3. The van der Waals surface area contributed by atoms with Crippen LogP contribution in [0.5, 0.6) is 0 Å². The summed E-state index contributed by atoms with van der Waals surface area (Å²) in [6.45, 7) is 2.05. The zero-order valence-electron chi connectivity index (χ0n) is 10.7. The Kier molecular flexibility index (Phi) is 4.85. The van der Waals surface area contributed by atoms with E-state index in [2.05, 4.69) is 61.5 Å². The van der Waals surface area contributed by atoms with Crippen LogP contribution in [0.3, 0.4) is 0 Å². The summed E-state index contributed by atoms with van der Waals surface area (Å²) in [4.78, 5) is 1.35. The highest BCUT2D eigenvalue weighted by atomic mass is 32.2. The fourth-order valence-electron chi connectivity index (χ4n) is 1.90. The number of benzene rings is 2. The molecule has 0 amide bonds. The molecule has 0 unspecified atom stereocenters. The van der Waals surface area contributed by atoms with Gasteiger partial charge < -0.3 is 5.73 Å². The lowest BCUT2D eigenvalue weighted by molar-refractivity contribution is 0.729. The van der Waals surface area contributed by atoms with Crippen LogP contribution in [-0.4, -0.2) is 6.04 Å². The Morgan fingerprint density at radius 1 is 1.00 bits per heavy atom. The van der Waals surface area contributed by atoms with Gasteiger partial charge in [0.25, 0.3) is 0 Å². The lowest BCUT2D eigenvalue weighted by atomic mass is 10.1. The first-order chi connectivity index (χ1) is 8.75. The predicted octanol–water partition coefficient (Wildman–Crippen LogP) is 3.87. The van der Waals surface area contributed by atoms with Crippen LogP contribution >= 0.6 is 11.8 Å². The van der Waals surface area contributed by atoms with Crippen molar-refractivity contribution in [1.29, 1.82) is 0 Å². The molecule has 0 heterocycles. The molecule has 1 nitrogen and oxygen atoms in total. The standard InChI is InChI=1S/C16H19NS/c1-13(17)11-15-9-5-6-10-16(15)18-12-14-7-3-2-4-8-14/h2-10,13H,11-12,17H2,1H3/t13-/m0/s1. The Labute approximate surface area is 113 Å². The Morgan fingerprint density at radius 2 is 1.67 bits per heavy atom. The minimum Gasteiger partial charge on any atom is -0.328 e. The zero-order chi connectivity index (χ0) is 12.8. The molecule has 94 valence electrons. The van der Waals surface area contributed by atoms with Crippen LogP contribution in [0.4, 0.5) is 0 Å². The maximum Gasteiger partial charge on any atom is 0.0232 e. The molecule has 2 heteroatoms. The summed E-state index contributed by atoms with van der Waals surface area (Å²) in [5.74, 6) is 1.01. The molecule has 2 N–H and O–H groups in total. The number of nitrogens with two attached hydrogens (primary N) is 1. The molecule has 2 rings (SSSR count). The molecule has 0 radical (unpaired) electrons. The van der Waals surface area contributed by atoms with Crippen LogP contribution in [0.1, 0.15) is 18.1 Å². The van der Waals surface area contributed by atoms with Crippen LogP contribution in [0.15, 0.2) is 59.5 Å². The zero-order valence-corrected chi connectivity index (χ0v) is 11.5. The van der Waals surface area contributed by atoms with Crippen LogP contribution in [0.25, 0.3) is 0 Å². The topological polar surface area (TPSA) is 26.0 Å². The van der Waals surface area contributed by atoms with Gasteiger partial charge in [0.1, 0.15) is 0 Å². The molecule has 0 aliphatic heterocycles. The highest BCUT2D eigenvalue weighted by Gasteiger charge is 2.05. The van der Waals surface area contributed by atoms with E-state index in [4.69, 9.17) is 5.73 Å². The number of rotatable bonds is 5. The largest absolute Gasteiger partial charge is 0.328 e. The summed E-state index contributed by atoms with van der Waals surface area (Å²) < 4.78 is 0. The summed E-state index contributed by atoms with van der Waals surface area (Å²) in [5.41, 5.74) is 8.61. The summed E-state index contributed by atoms with van der Waals surface area (Å²) in [5, 5.41) is 0. The van der Waals surface area contributed by atoms with Crippen LogP contribution in [0, 0.1) is 0 Å². The first-order valence-electron chi connectivity index (χ1n) is 6.26. The Hall–Kier alpha value is -1.25. The Bertz CT molecular complexity index is 479. The summed E-state index contributed by atoms with van der Waals surface area (Å²) in [7, 11) is 0.